The monoisotopic (exact) mass is 335 g/mol. The SMILES string of the molecule is CCC(CC)C(=O)N1CCN(C(=O)C2CC(=O)N(C3CC3)C2)CC1. The lowest BCUT2D eigenvalue weighted by Crippen LogP contribution is -2.53. The van der Waals surface area contributed by atoms with Crippen molar-refractivity contribution in [3.05, 3.63) is 0 Å². The number of rotatable bonds is 5. The zero-order valence-corrected chi connectivity index (χ0v) is 14.9. The predicted molar refractivity (Wildman–Crippen MR) is 90.1 cm³/mol. The molecule has 24 heavy (non-hydrogen) atoms. The van der Waals surface area contributed by atoms with Gasteiger partial charge in [0.1, 0.15) is 0 Å². The third-order valence-corrected chi connectivity index (χ3v) is 5.73. The molecule has 0 aromatic rings. The Morgan fingerprint density at radius 2 is 1.62 bits per heavy atom. The molecular weight excluding hydrogens is 306 g/mol. The Labute approximate surface area is 144 Å². The average molecular weight is 335 g/mol. The number of piperazine rings is 1. The normalized spacial score (nSPS) is 24.9. The highest BCUT2D eigenvalue weighted by Gasteiger charge is 2.43. The lowest BCUT2D eigenvalue weighted by atomic mass is 10.0. The Bertz CT molecular complexity index is 506. The highest BCUT2D eigenvalue weighted by atomic mass is 16.2. The Kier molecular flexibility index (Phi) is 5.11. The zero-order valence-electron chi connectivity index (χ0n) is 14.9. The van der Waals surface area contributed by atoms with Crippen LogP contribution in [0.1, 0.15) is 46.0 Å². The van der Waals surface area contributed by atoms with E-state index in [1.807, 2.05) is 14.7 Å². The van der Waals surface area contributed by atoms with Gasteiger partial charge in [-0.3, -0.25) is 14.4 Å². The number of carbonyl (C=O) groups is 3. The summed E-state index contributed by atoms with van der Waals surface area (Å²) in [5.41, 5.74) is 0. The van der Waals surface area contributed by atoms with Gasteiger partial charge in [0.15, 0.2) is 0 Å². The van der Waals surface area contributed by atoms with E-state index in [2.05, 4.69) is 13.8 Å². The molecule has 134 valence electrons. The number of hydrogen-bond acceptors (Lipinski definition) is 3. The number of amides is 3. The van der Waals surface area contributed by atoms with Crippen molar-refractivity contribution >= 4 is 17.7 Å². The molecule has 0 spiro atoms. The van der Waals surface area contributed by atoms with Gasteiger partial charge in [0.25, 0.3) is 0 Å². The smallest absolute Gasteiger partial charge is 0.228 e. The molecule has 0 aromatic carbocycles. The number of nitrogens with zero attached hydrogens (tertiary/aromatic N) is 3. The summed E-state index contributed by atoms with van der Waals surface area (Å²) in [4.78, 5) is 42.8. The fraction of sp³-hybridized carbons (Fsp3) is 0.833. The molecule has 6 heteroatoms. The lowest BCUT2D eigenvalue weighted by Gasteiger charge is -2.37. The van der Waals surface area contributed by atoms with Crippen LogP contribution >= 0.6 is 0 Å². The van der Waals surface area contributed by atoms with Gasteiger partial charge in [-0.2, -0.15) is 0 Å². The predicted octanol–water partition coefficient (Wildman–Crippen LogP) is 1.10. The highest BCUT2D eigenvalue weighted by Crippen LogP contribution is 2.33. The fourth-order valence-electron chi connectivity index (χ4n) is 3.94. The van der Waals surface area contributed by atoms with Gasteiger partial charge in [0, 0.05) is 51.1 Å². The summed E-state index contributed by atoms with van der Waals surface area (Å²) in [6, 6.07) is 0.393. The summed E-state index contributed by atoms with van der Waals surface area (Å²) in [6.07, 6.45) is 4.28. The van der Waals surface area contributed by atoms with Gasteiger partial charge in [0.05, 0.1) is 5.92 Å². The molecule has 2 heterocycles. The molecule has 3 amide bonds. The summed E-state index contributed by atoms with van der Waals surface area (Å²) in [5, 5.41) is 0. The van der Waals surface area contributed by atoms with Gasteiger partial charge in [-0.15, -0.1) is 0 Å². The Hall–Kier alpha value is -1.59. The molecule has 6 nitrogen and oxygen atoms in total. The van der Waals surface area contributed by atoms with E-state index in [0.717, 1.165) is 25.7 Å². The van der Waals surface area contributed by atoms with Crippen LogP contribution in [0.4, 0.5) is 0 Å². The number of carbonyl (C=O) groups excluding carboxylic acids is 3. The first-order chi connectivity index (χ1) is 11.5. The van der Waals surface area contributed by atoms with Gasteiger partial charge >= 0.3 is 0 Å². The molecule has 0 N–H and O–H groups in total. The third kappa shape index (κ3) is 3.42. The van der Waals surface area contributed by atoms with E-state index in [1.165, 1.54) is 0 Å². The average Bonchev–Trinajstić information content (AvgIpc) is 3.37. The quantitative estimate of drug-likeness (QED) is 0.756. The zero-order chi connectivity index (χ0) is 17.3. The van der Waals surface area contributed by atoms with E-state index in [9.17, 15) is 14.4 Å². The molecule has 1 unspecified atom stereocenters. The van der Waals surface area contributed by atoms with Crippen molar-refractivity contribution in [1.29, 1.82) is 0 Å². The van der Waals surface area contributed by atoms with Crippen LogP contribution in [0.2, 0.25) is 0 Å². The molecule has 1 atom stereocenters. The maximum Gasteiger partial charge on any atom is 0.228 e. The fourth-order valence-corrected chi connectivity index (χ4v) is 3.94. The van der Waals surface area contributed by atoms with Crippen molar-refractivity contribution in [2.75, 3.05) is 32.7 Å². The standard InChI is InChI=1S/C18H29N3O3/c1-3-13(4-2)17(23)19-7-9-20(10-8-19)18(24)14-11-16(22)21(12-14)15-5-6-15/h13-15H,3-12H2,1-2H3. The van der Waals surface area contributed by atoms with Crippen LogP contribution < -0.4 is 0 Å². The van der Waals surface area contributed by atoms with Crippen LogP contribution in [0.5, 0.6) is 0 Å². The lowest BCUT2D eigenvalue weighted by molar-refractivity contribution is -0.144. The topological polar surface area (TPSA) is 60.9 Å². The molecule has 2 saturated heterocycles. The summed E-state index contributed by atoms with van der Waals surface area (Å²) in [7, 11) is 0. The van der Waals surface area contributed by atoms with Gasteiger partial charge in [-0.25, -0.2) is 0 Å². The minimum atomic E-state index is -0.181. The largest absolute Gasteiger partial charge is 0.339 e. The first-order valence-corrected chi connectivity index (χ1v) is 9.42. The molecule has 0 aromatic heterocycles. The van der Waals surface area contributed by atoms with E-state index in [4.69, 9.17) is 0 Å². The van der Waals surface area contributed by atoms with Crippen molar-refractivity contribution in [1.82, 2.24) is 14.7 Å². The molecule has 2 aliphatic heterocycles. The summed E-state index contributed by atoms with van der Waals surface area (Å²) < 4.78 is 0. The molecular formula is C18H29N3O3. The van der Waals surface area contributed by atoms with Crippen LogP contribution in [0.25, 0.3) is 0 Å². The van der Waals surface area contributed by atoms with Crippen LogP contribution in [-0.4, -0.2) is 71.2 Å². The minimum absolute atomic E-state index is 0.0983. The van der Waals surface area contributed by atoms with Crippen molar-refractivity contribution in [2.45, 2.75) is 52.0 Å². The van der Waals surface area contributed by atoms with Gasteiger partial charge in [-0.05, 0) is 25.7 Å². The van der Waals surface area contributed by atoms with Gasteiger partial charge < -0.3 is 14.7 Å². The number of likely N-dealkylation sites (tertiary alicyclic amines) is 1. The van der Waals surface area contributed by atoms with E-state index in [1.54, 1.807) is 0 Å². The van der Waals surface area contributed by atoms with Gasteiger partial charge in [-0.1, -0.05) is 13.8 Å². The number of hydrogen-bond donors (Lipinski definition) is 0. The van der Waals surface area contributed by atoms with E-state index < -0.39 is 0 Å². The highest BCUT2D eigenvalue weighted by molar-refractivity contribution is 5.89. The Morgan fingerprint density at radius 3 is 2.17 bits per heavy atom. The van der Waals surface area contributed by atoms with E-state index in [-0.39, 0.29) is 29.6 Å². The van der Waals surface area contributed by atoms with Gasteiger partial charge in [0.2, 0.25) is 17.7 Å². The molecule has 3 rings (SSSR count). The Morgan fingerprint density at radius 1 is 1.04 bits per heavy atom. The first-order valence-electron chi connectivity index (χ1n) is 9.42. The van der Waals surface area contributed by atoms with Crippen LogP contribution in [0.15, 0.2) is 0 Å². The molecule has 0 radical (unpaired) electrons. The molecule has 1 saturated carbocycles. The maximum atomic E-state index is 12.7. The summed E-state index contributed by atoms with van der Waals surface area (Å²) in [5.74, 6) is 0.383. The second-order valence-electron chi connectivity index (χ2n) is 7.34. The van der Waals surface area contributed by atoms with Crippen molar-refractivity contribution in [2.24, 2.45) is 11.8 Å². The van der Waals surface area contributed by atoms with Crippen LogP contribution in [0.3, 0.4) is 0 Å². The summed E-state index contributed by atoms with van der Waals surface area (Å²) >= 11 is 0. The van der Waals surface area contributed by atoms with E-state index in [0.29, 0.717) is 45.2 Å². The van der Waals surface area contributed by atoms with Crippen molar-refractivity contribution in [3.63, 3.8) is 0 Å². The molecule has 1 aliphatic carbocycles. The molecule has 3 fully saturated rings. The van der Waals surface area contributed by atoms with Crippen LogP contribution in [-0.2, 0) is 14.4 Å². The minimum Gasteiger partial charge on any atom is -0.339 e. The summed E-state index contributed by atoms with van der Waals surface area (Å²) in [6.45, 7) is 7.12. The van der Waals surface area contributed by atoms with Crippen molar-refractivity contribution < 1.29 is 14.4 Å². The maximum absolute atomic E-state index is 12.7. The molecule has 3 aliphatic rings. The second-order valence-corrected chi connectivity index (χ2v) is 7.34. The third-order valence-electron chi connectivity index (χ3n) is 5.73. The molecule has 0 bridgehead atoms. The first kappa shape index (κ1) is 17.2. The van der Waals surface area contributed by atoms with Crippen molar-refractivity contribution in [3.8, 4) is 0 Å². The second kappa shape index (κ2) is 7.11. The van der Waals surface area contributed by atoms with Crippen LogP contribution in [0, 0.1) is 11.8 Å². The van der Waals surface area contributed by atoms with E-state index >= 15 is 0 Å². The Balaban J connectivity index is 1.50.